The molecule has 25 heavy (non-hydrogen) atoms. The Morgan fingerprint density at radius 1 is 1.24 bits per heavy atom. The molecule has 0 aromatic carbocycles. The van der Waals surface area contributed by atoms with Gasteiger partial charge in [0, 0.05) is 25.0 Å². The maximum Gasteiger partial charge on any atom is 0.433 e. The van der Waals surface area contributed by atoms with E-state index in [4.69, 9.17) is 0 Å². The Hall–Kier alpha value is -2.06. The molecule has 2 N–H and O–H groups in total. The van der Waals surface area contributed by atoms with Gasteiger partial charge < -0.3 is 10.6 Å². The van der Waals surface area contributed by atoms with Crippen LogP contribution in [-0.2, 0) is 11.0 Å². The lowest BCUT2D eigenvalue weighted by atomic mass is 10.1. The summed E-state index contributed by atoms with van der Waals surface area (Å²) in [7, 11) is 0. The molecular weight excluding hydrogens is 337 g/mol. The number of alkyl halides is 3. The van der Waals surface area contributed by atoms with Gasteiger partial charge in [-0.2, -0.15) is 18.3 Å². The maximum absolute atomic E-state index is 13.2. The molecule has 1 aliphatic carbocycles. The van der Waals surface area contributed by atoms with Crippen LogP contribution in [0, 0.1) is 5.92 Å². The third kappa shape index (κ3) is 4.73. The van der Waals surface area contributed by atoms with Crippen molar-refractivity contribution in [3.8, 4) is 0 Å². The van der Waals surface area contributed by atoms with Crippen molar-refractivity contribution >= 4 is 11.8 Å². The van der Waals surface area contributed by atoms with Gasteiger partial charge in [0.15, 0.2) is 5.69 Å². The van der Waals surface area contributed by atoms with Crippen molar-refractivity contribution in [2.75, 3.05) is 13.1 Å². The van der Waals surface area contributed by atoms with Gasteiger partial charge in [-0.25, -0.2) is 0 Å². The predicted molar refractivity (Wildman–Crippen MR) is 84.9 cm³/mol. The number of carbonyl (C=O) groups is 2. The minimum absolute atomic E-state index is 0.0109. The average molecular weight is 360 g/mol. The van der Waals surface area contributed by atoms with E-state index in [-0.39, 0.29) is 24.9 Å². The summed E-state index contributed by atoms with van der Waals surface area (Å²) >= 11 is 0. The van der Waals surface area contributed by atoms with Crippen LogP contribution in [0.3, 0.4) is 0 Å². The summed E-state index contributed by atoms with van der Waals surface area (Å²) in [6, 6.07) is -0.524. The van der Waals surface area contributed by atoms with Gasteiger partial charge in [-0.3, -0.25) is 14.3 Å². The molecule has 0 radical (unpaired) electrons. The first-order valence-corrected chi connectivity index (χ1v) is 8.42. The van der Waals surface area contributed by atoms with Gasteiger partial charge in [0.2, 0.25) is 5.91 Å². The Bertz CT molecular complexity index is 619. The second-order valence-electron chi connectivity index (χ2n) is 6.47. The standard InChI is InChI=1S/C16H23F3N4O2/c1-10(2)23-13(16(17,18)19)12(9-22-23)15(25)21-8-7-20-14(24)11-5-3-4-6-11/h9-11H,3-8H2,1-2H3,(H,20,24)(H,21,25). The molecule has 1 aliphatic rings. The Morgan fingerprint density at radius 2 is 1.84 bits per heavy atom. The van der Waals surface area contributed by atoms with E-state index in [1.807, 2.05) is 0 Å². The van der Waals surface area contributed by atoms with E-state index >= 15 is 0 Å². The van der Waals surface area contributed by atoms with Crippen LogP contribution < -0.4 is 10.6 Å². The molecule has 1 saturated carbocycles. The number of nitrogens with zero attached hydrogens (tertiary/aromatic N) is 2. The van der Waals surface area contributed by atoms with Crippen molar-refractivity contribution < 1.29 is 22.8 Å². The smallest absolute Gasteiger partial charge is 0.354 e. The van der Waals surface area contributed by atoms with Crippen LogP contribution in [0.5, 0.6) is 0 Å². The van der Waals surface area contributed by atoms with Crippen molar-refractivity contribution in [1.82, 2.24) is 20.4 Å². The highest BCUT2D eigenvalue weighted by molar-refractivity contribution is 5.95. The molecule has 0 bridgehead atoms. The second-order valence-corrected chi connectivity index (χ2v) is 6.47. The van der Waals surface area contributed by atoms with E-state index < -0.39 is 29.4 Å². The lowest BCUT2D eigenvalue weighted by Crippen LogP contribution is -2.37. The molecule has 2 rings (SSSR count). The number of aromatic nitrogens is 2. The summed E-state index contributed by atoms with van der Waals surface area (Å²) in [6.45, 7) is 3.35. The van der Waals surface area contributed by atoms with Crippen LogP contribution in [0.1, 0.15) is 61.6 Å². The number of hydrogen-bond acceptors (Lipinski definition) is 3. The summed E-state index contributed by atoms with van der Waals surface area (Å²) in [5, 5.41) is 8.78. The summed E-state index contributed by atoms with van der Waals surface area (Å²) in [6.07, 6.45) is 0.0478. The zero-order valence-corrected chi connectivity index (χ0v) is 14.3. The van der Waals surface area contributed by atoms with Gasteiger partial charge in [-0.05, 0) is 26.7 Å². The van der Waals surface area contributed by atoms with Crippen LogP contribution >= 0.6 is 0 Å². The van der Waals surface area contributed by atoms with E-state index in [2.05, 4.69) is 15.7 Å². The van der Waals surface area contributed by atoms with E-state index in [0.717, 1.165) is 36.6 Å². The van der Waals surface area contributed by atoms with Crippen molar-refractivity contribution in [2.24, 2.45) is 5.92 Å². The number of amides is 2. The topological polar surface area (TPSA) is 76.0 Å². The fourth-order valence-corrected chi connectivity index (χ4v) is 2.99. The minimum Gasteiger partial charge on any atom is -0.354 e. The normalized spacial score (nSPS) is 15.6. The molecule has 0 atom stereocenters. The number of nitrogens with one attached hydrogen (secondary N) is 2. The first-order chi connectivity index (χ1) is 11.7. The van der Waals surface area contributed by atoms with Gasteiger partial charge in [-0.15, -0.1) is 0 Å². The third-order valence-electron chi connectivity index (χ3n) is 4.23. The first kappa shape index (κ1) is 19.3. The highest BCUT2D eigenvalue weighted by Gasteiger charge is 2.40. The van der Waals surface area contributed by atoms with Gasteiger partial charge in [0.05, 0.1) is 11.8 Å². The first-order valence-electron chi connectivity index (χ1n) is 8.42. The Kier molecular flexibility index (Phi) is 6.07. The molecule has 140 valence electrons. The molecule has 1 heterocycles. The zero-order chi connectivity index (χ0) is 18.6. The van der Waals surface area contributed by atoms with Crippen molar-refractivity contribution in [3.63, 3.8) is 0 Å². The molecule has 9 heteroatoms. The summed E-state index contributed by atoms with van der Waals surface area (Å²) in [5.74, 6) is -0.901. The lowest BCUT2D eigenvalue weighted by molar-refractivity contribution is -0.145. The van der Waals surface area contributed by atoms with Gasteiger partial charge in [0.1, 0.15) is 0 Å². The van der Waals surface area contributed by atoms with Crippen LogP contribution in [0.25, 0.3) is 0 Å². The number of hydrogen-bond donors (Lipinski definition) is 2. The fraction of sp³-hybridized carbons (Fsp3) is 0.688. The molecule has 1 aromatic heterocycles. The van der Waals surface area contributed by atoms with E-state index in [9.17, 15) is 22.8 Å². The molecule has 0 spiro atoms. The van der Waals surface area contributed by atoms with Crippen molar-refractivity contribution in [2.45, 2.75) is 51.7 Å². The molecule has 6 nitrogen and oxygen atoms in total. The largest absolute Gasteiger partial charge is 0.433 e. The SMILES string of the molecule is CC(C)n1ncc(C(=O)NCCNC(=O)C2CCCC2)c1C(F)(F)F. The Balaban J connectivity index is 1.91. The Labute approximate surface area is 144 Å². The molecule has 2 amide bonds. The van der Waals surface area contributed by atoms with Gasteiger partial charge >= 0.3 is 6.18 Å². The Morgan fingerprint density at radius 3 is 2.40 bits per heavy atom. The van der Waals surface area contributed by atoms with Crippen LogP contribution in [-0.4, -0.2) is 34.7 Å². The molecule has 0 saturated heterocycles. The van der Waals surface area contributed by atoms with E-state index in [0.29, 0.717) is 0 Å². The van der Waals surface area contributed by atoms with E-state index in [1.165, 1.54) is 0 Å². The number of rotatable bonds is 6. The monoisotopic (exact) mass is 360 g/mol. The number of carbonyl (C=O) groups excluding carboxylic acids is 2. The average Bonchev–Trinajstić information content (AvgIpc) is 3.18. The lowest BCUT2D eigenvalue weighted by Gasteiger charge is -2.15. The predicted octanol–water partition coefficient (Wildman–Crippen LogP) is 2.52. The van der Waals surface area contributed by atoms with Crippen LogP contribution in [0.15, 0.2) is 6.20 Å². The molecule has 0 aliphatic heterocycles. The van der Waals surface area contributed by atoms with Gasteiger partial charge in [-0.1, -0.05) is 12.8 Å². The van der Waals surface area contributed by atoms with Crippen molar-refractivity contribution in [1.29, 1.82) is 0 Å². The van der Waals surface area contributed by atoms with Crippen molar-refractivity contribution in [3.05, 3.63) is 17.5 Å². The van der Waals surface area contributed by atoms with E-state index in [1.54, 1.807) is 13.8 Å². The summed E-state index contributed by atoms with van der Waals surface area (Å²) < 4.78 is 40.5. The maximum atomic E-state index is 13.2. The minimum atomic E-state index is -4.68. The van der Waals surface area contributed by atoms with Crippen LogP contribution in [0.2, 0.25) is 0 Å². The highest BCUT2D eigenvalue weighted by atomic mass is 19.4. The zero-order valence-electron chi connectivity index (χ0n) is 14.3. The fourth-order valence-electron chi connectivity index (χ4n) is 2.99. The number of halogens is 3. The molecule has 1 aromatic rings. The quantitative estimate of drug-likeness (QED) is 0.766. The van der Waals surface area contributed by atoms with Gasteiger partial charge in [0.25, 0.3) is 5.91 Å². The summed E-state index contributed by atoms with van der Waals surface area (Å²) in [5.41, 5.74) is -1.57. The molecular formula is C16H23F3N4O2. The van der Waals surface area contributed by atoms with Crippen LogP contribution in [0.4, 0.5) is 13.2 Å². The molecule has 0 unspecified atom stereocenters. The summed E-state index contributed by atoms with van der Waals surface area (Å²) in [4.78, 5) is 23.9. The third-order valence-corrected chi connectivity index (χ3v) is 4.23. The highest BCUT2D eigenvalue weighted by Crippen LogP contribution is 2.33. The molecule has 1 fully saturated rings. The second kappa shape index (κ2) is 7.88.